The van der Waals surface area contributed by atoms with E-state index in [4.69, 9.17) is 10.00 Å². The number of aryl methyl sites for hydroxylation is 1. The average Bonchev–Trinajstić information content (AvgIpc) is 2.57. The molecule has 0 aliphatic heterocycles. The molecule has 15 heavy (non-hydrogen) atoms. The monoisotopic (exact) mass is 209 g/mol. The summed E-state index contributed by atoms with van der Waals surface area (Å²) in [6.45, 7) is 2.05. The minimum Gasteiger partial charge on any atom is -0.466 e. The summed E-state index contributed by atoms with van der Waals surface area (Å²) >= 11 is 0. The number of nitriles is 1. The van der Waals surface area contributed by atoms with Gasteiger partial charge in [-0.05, 0) is 13.3 Å². The third kappa shape index (κ3) is 2.71. The quantitative estimate of drug-likeness (QED) is 0.707. The standard InChI is InChI=1S/C9H11N3O3/c1-2-15-8(13)4-3-7-5-11-12(6-10)9(7)14/h5,11H,2-4H2,1H3. The Labute approximate surface area is 86.1 Å². The number of hydrogen-bond acceptors (Lipinski definition) is 4. The Morgan fingerprint density at radius 3 is 3.00 bits per heavy atom. The molecule has 0 fully saturated rings. The highest BCUT2D eigenvalue weighted by atomic mass is 16.5. The normalized spacial score (nSPS) is 9.60. The number of carbonyl (C=O) groups excluding carboxylic acids is 1. The molecule has 0 bridgehead atoms. The Hall–Kier alpha value is -2.03. The van der Waals surface area contributed by atoms with Crippen molar-refractivity contribution in [3.05, 3.63) is 22.1 Å². The van der Waals surface area contributed by atoms with E-state index in [0.717, 1.165) is 4.68 Å². The van der Waals surface area contributed by atoms with Crippen molar-refractivity contribution >= 4 is 5.97 Å². The SMILES string of the molecule is CCOC(=O)CCc1c[nH]n(C#N)c1=O. The molecule has 0 unspecified atom stereocenters. The lowest BCUT2D eigenvalue weighted by Gasteiger charge is -1.98. The van der Waals surface area contributed by atoms with Gasteiger partial charge in [-0.3, -0.25) is 14.7 Å². The topological polar surface area (TPSA) is 87.9 Å². The fourth-order valence-electron chi connectivity index (χ4n) is 1.13. The number of ether oxygens (including phenoxy) is 1. The largest absolute Gasteiger partial charge is 0.466 e. The first kappa shape index (κ1) is 11.0. The molecule has 0 saturated carbocycles. The zero-order valence-corrected chi connectivity index (χ0v) is 8.32. The van der Waals surface area contributed by atoms with Gasteiger partial charge in [0.2, 0.25) is 6.19 Å². The lowest BCUT2D eigenvalue weighted by Crippen LogP contribution is -2.16. The highest BCUT2D eigenvalue weighted by molar-refractivity contribution is 5.69. The molecule has 1 rings (SSSR count). The van der Waals surface area contributed by atoms with E-state index >= 15 is 0 Å². The van der Waals surface area contributed by atoms with Gasteiger partial charge >= 0.3 is 5.97 Å². The van der Waals surface area contributed by atoms with E-state index in [1.54, 1.807) is 13.1 Å². The van der Waals surface area contributed by atoms with Crippen LogP contribution in [-0.4, -0.2) is 22.4 Å². The molecule has 0 atom stereocenters. The summed E-state index contributed by atoms with van der Waals surface area (Å²) < 4.78 is 5.52. The molecule has 80 valence electrons. The van der Waals surface area contributed by atoms with Crippen LogP contribution in [0.4, 0.5) is 0 Å². The Morgan fingerprint density at radius 2 is 2.47 bits per heavy atom. The van der Waals surface area contributed by atoms with Crippen molar-refractivity contribution in [3.63, 3.8) is 0 Å². The predicted octanol–water partition coefficient (Wildman–Crippen LogP) is 0.00128. The highest BCUT2D eigenvalue weighted by Gasteiger charge is 2.08. The molecule has 0 aliphatic rings. The number of H-pyrrole nitrogens is 1. The summed E-state index contributed by atoms with van der Waals surface area (Å²) in [7, 11) is 0. The fraction of sp³-hybridized carbons (Fsp3) is 0.444. The maximum absolute atomic E-state index is 11.3. The summed E-state index contributed by atoms with van der Waals surface area (Å²) in [6.07, 6.45) is 3.51. The number of carbonyl (C=O) groups is 1. The van der Waals surface area contributed by atoms with Crippen LogP contribution < -0.4 is 5.56 Å². The van der Waals surface area contributed by atoms with Crippen LogP contribution in [0.2, 0.25) is 0 Å². The number of hydrogen-bond donors (Lipinski definition) is 1. The van der Waals surface area contributed by atoms with Crippen molar-refractivity contribution < 1.29 is 9.53 Å². The van der Waals surface area contributed by atoms with Crippen LogP contribution in [0, 0.1) is 11.5 Å². The summed E-state index contributed by atoms with van der Waals surface area (Å²) in [5.74, 6) is -0.346. The summed E-state index contributed by atoms with van der Waals surface area (Å²) in [5, 5.41) is 11.0. The molecule has 1 aromatic heterocycles. The van der Waals surface area contributed by atoms with Crippen LogP contribution >= 0.6 is 0 Å². The van der Waals surface area contributed by atoms with E-state index < -0.39 is 5.56 Å². The second-order valence-corrected chi connectivity index (χ2v) is 2.84. The van der Waals surface area contributed by atoms with Crippen LogP contribution in [0.15, 0.2) is 11.0 Å². The van der Waals surface area contributed by atoms with Gasteiger partial charge in [-0.25, -0.2) is 0 Å². The van der Waals surface area contributed by atoms with E-state index in [2.05, 4.69) is 5.10 Å². The second-order valence-electron chi connectivity index (χ2n) is 2.84. The molecule has 1 aromatic rings. The van der Waals surface area contributed by atoms with Gasteiger partial charge in [-0.15, -0.1) is 0 Å². The Kier molecular flexibility index (Phi) is 3.68. The van der Waals surface area contributed by atoms with Crippen molar-refractivity contribution in [1.82, 2.24) is 9.78 Å². The van der Waals surface area contributed by atoms with E-state index in [1.807, 2.05) is 0 Å². The number of nitrogens with one attached hydrogen (secondary N) is 1. The summed E-state index contributed by atoms with van der Waals surface area (Å²) in [6, 6.07) is 0. The van der Waals surface area contributed by atoms with Gasteiger partial charge in [0, 0.05) is 18.2 Å². The van der Waals surface area contributed by atoms with Crippen LogP contribution in [0.3, 0.4) is 0 Å². The lowest BCUT2D eigenvalue weighted by molar-refractivity contribution is -0.143. The van der Waals surface area contributed by atoms with Crippen molar-refractivity contribution in [3.8, 4) is 6.19 Å². The molecular formula is C9H11N3O3. The van der Waals surface area contributed by atoms with E-state index in [9.17, 15) is 9.59 Å². The smallest absolute Gasteiger partial charge is 0.306 e. The van der Waals surface area contributed by atoms with Crippen molar-refractivity contribution in [2.45, 2.75) is 19.8 Å². The predicted molar refractivity (Wildman–Crippen MR) is 51.0 cm³/mol. The Bertz CT molecular complexity index is 438. The third-order valence-corrected chi connectivity index (χ3v) is 1.85. The van der Waals surface area contributed by atoms with Gasteiger partial charge in [-0.1, -0.05) is 0 Å². The molecular weight excluding hydrogens is 198 g/mol. The second kappa shape index (κ2) is 5.00. The van der Waals surface area contributed by atoms with Gasteiger partial charge in [0.1, 0.15) is 0 Å². The van der Waals surface area contributed by atoms with Gasteiger partial charge < -0.3 is 4.74 Å². The van der Waals surface area contributed by atoms with E-state index in [1.165, 1.54) is 6.20 Å². The lowest BCUT2D eigenvalue weighted by atomic mass is 10.2. The first-order valence-corrected chi connectivity index (χ1v) is 4.54. The number of aromatic nitrogens is 2. The summed E-state index contributed by atoms with van der Waals surface area (Å²) in [5.41, 5.74) is -0.00796. The van der Waals surface area contributed by atoms with Crippen LogP contribution in [-0.2, 0) is 16.0 Å². The van der Waals surface area contributed by atoms with Crippen LogP contribution in [0.5, 0.6) is 0 Å². The Morgan fingerprint density at radius 1 is 1.73 bits per heavy atom. The minimum atomic E-state index is -0.415. The Balaban J connectivity index is 2.59. The average molecular weight is 209 g/mol. The van der Waals surface area contributed by atoms with E-state index in [0.29, 0.717) is 12.2 Å². The fourth-order valence-corrected chi connectivity index (χ4v) is 1.13. The maximum Gasteiger partial charge on any atom is 0.306 e. The van der Waals surface area contributed by atoms with Crippen molar-refractivity contribution in [2.24, 2.45) is 0 Å². The molecule has 0 spiro atoms. The molecule has 1 N–H and O–H groups in total. The van der Waals surface area contributed by atoms with Crippen molar-refractivity contribution in [2.75, 3.05) is 6.61 Å². The molecule has 6 nitrogen and oxygen atoms in total. The molecule has 0 saturated heterocycles. The highest BCUT2D eigenvalue weighted by Crippen LogP contribution is 1.97. The van der Waals surface area contributed by atoms with Gasteiger partial charge in [-0.2, -0.15) is 9.94 Å². The summed E-state index contributed by atoms with van der Waals surface area (Å²) in [4.78, 5) is 22.3. The van der Waals surface area contributed by atoms with Crippen LogP contribution in [0.25, 0.3) is 0 Å². The van der Waals surface area contributed by atoms with Gasteiger partial charge in [0.05, 0.1) is 6.61 Å². The molecule has 6 heteroatoms. The maximum atomic E-state index is 11.3. The molecule has 0 aliphatic carbocycles. The molecule has 0 aromatic carbocycles. The third-order valence-electron chi connectivity index (χ3n) is 1.85. The van der Waals surface area contributed by atoms with Crippen molar-refractivity contribution in [1.29, 1.82) is 5.26 Å². The number of rotatable bonds is 4. The first-order chi connectivity index (χ1) is 7.19. The number of esters is 1. The molecule has 1 heterocycles. The number of aromatic amines is 1. The number of nitrogens with zero attached hydrogens (tertiary/aromatic N) is 2. The van der Waals surface area contributed by atoms with E-state index in [-0.39, 0.29) is 18.8 Å². The van der Waals surface area contributed by atoms with Gasteiger partial charge in [0.15, 0.2) is 0 Å². The van der Waals surface area contributed by atoms with Crippen LogP contribution in [0.1, 0.15) is 18.9 Å². The zero-order valence-electron chi connectivity index (χ0n) is 8.32. The minimum absolute atomic E-state index is 0.145. The van der Waals surface area contributed by atoms with Gasteiger partial charge in [0.25, 0.3) is 5.56 Å². The zero-order chi connectivity index (χ0) is 11.3. The first-order valence-electron chi connectivity index (χ1n) is 4.54. The molecule has 0 amide bonds. The molecule has 0 radical (unpaired) electrons.